The van der Waals surface area contributed by atoms with Crippen molar-refractivity contribution < 1.29 is 9.18 Å². The molecule has 3 rings (SSSR count). The number of fused-ring (bicyclic) bond motifs is 1. The zero-order valence-electron chi connectivity index (χ0n) is 11.2. The first-order chi connectivity index (χ1) is 10.5. The van der Waals surface area contributed by atoms with Crippen LogP contribution in [0.5, 0.6) is 0 Å². The van der Waals surface area contributed by atoms with Crippen LogP contribution in [0.3, 0.4) is 0 Å². The number of rotatable bonds is 4. The Hall–Kier alpha value is -1.11. The number of aromatic amines is 1. The van der Waals surface area contributed by atoms with Gasteiger partial charge in [-0.2, -0.15) is 0 Å². The predicted octanol–water partition coefficient (Wildman–Crippen LogP) is 5.81. The van der Waals surface area contributed by atoms with Crippen molar-refractivity contribution in [3.63, 3.8) is 0 Å². The Labute approximate surface area is 147 Å². The molecule has 0 aliphatic carbocycles. The molecule has 3 aromatic rings. The van der Waals surface area contributed by atoms with Crippen molar-refractivity contribution in [2.45, 2.75) is 4.90 Å². The summed E-state index contributed by atoms with van der Waals surface area (Å²) < 4.78 is 15.1. The molecule has 1 N–H and O–H groups in total. The highest BCUT2D eigenvalue weighted by molar-refractivity contribution is 9.10. The summed E-state index contributed by atoms with van der Waals surface area (Å²) in [4.78, 5) is 16.4. The van der Waals surface area contributed by atoms with Crippen LogP contribution in [0.4, 0.5) is 4.39 Å². The summed E-state index contributed by atoms with van der Waals surface area (Å²) in [5, 5.41) is 0.613. The van der Waals surface area contributed by atoms with Crippen molar-refractivity contribution in [1.82, 2.24) is 4.98 Å². The molecule has 0 unspecified atom stereocenters. The lowest BCUT2D eigenvalue weighted by Gasteiger charge is -2.02. The van der Waals surface area contributed by atoms with Gasteiger partial charge < -0.3 is 4.98 Å². The van der Waals surface area contributed by atoms with E-state index in [-0.39, 0.29) is 11.6 Å². The van der Waals surface area contributed by atoms with Crippen LogP contribution in [0.2, 0.25) is 0 Å². The van der Waals surface area contributed by atoms with Gasteiger partial charge in [0, 0.05) is 32.0 Å². The highest BCUT2D eigenvalue weighted by Gasteiger charge is 2.14. The fourth-order valence-electron chi connectivity index (χ4n) is 2.10. The third-order valence-electron chi connectivity index (χ3n) is 3.21. The van der Waals surface area contributed by atoms with Gasteiger partial charge in [-0.05, 0) is 52.3 Å². The third kappa shape index (κ3) is 3.29. The standard InChI is InChI=1S/C16H10Br2FNOS/c17-9-1-3-10(4-2-9)22-8-16(21)12-7-20-15-6-13(18)14(19)5-11(12)15/h1-7,20H,8H2. The van der Waals surface area contributed by atoms with Crippen LogP contribution in [0.15, 0.2) is 56.4 Å². The minimum atomic E-state index is -0.373. The summed E-state index contributed by atoms with van der Waals surface area (Å²) in [5.41, 5.74) is 1.26. The monoisotopic (exact) mass is 441 g/mol. The van der Waals surface area contributed by atoms with Crippen LogP contribution in [0.25, 0.3) is 10.9 Å². The van der Waals surface area contributed by atoms with E-state index in [0.29, 0.717) is 21.2 Å². The van der Waals surface area contributed by atoms with Crippen LogP contribution >= 0.6 is 43.6 Å². The molecule has 0 bridgehead atoms. The molecule has 0 fully saturated rings. The fraction of sp³-hybridized carbons (Fsp3) is 0.0625. The van der Waals surface area contributed by atoms with Crippen molar-refractivity contribution in [1.29, 1.82) is 0 Å². The molecule has 0 amide bonds. The van der Waals surface area contributed by atoms with Gasteiger partial charge in [0.25, 0.3) is 0 Å². The van der Waals surface area contributed by atoms with Gasteiger partial charge in [0.2, 0.25) is 0 Å². The van der Waals surface area contributed by atoms with Crippen LogP contribution < -0.4 is 0 Å². The number of aromatic nitrogens is 1. The van der Waals surface area contributed by atoms with Crippen molar-refractivity contribution >= 4 is 60.3 Å². The number of benzene rings is 2. The fourth-order valence-corrected chi connectivity index (χ4v) is 3.49. The van der Waals surface area contributed by atoms with E-state index in [2.05, 4.69) is 36.8 Å². The number of hydrogen-bond donors (Lipinski definition) is 1. The summed E-state index contributed by atoms with van der Waals surface area (Å²) in [7, 11) is 0. The second-order valence-corrected chi connectivity index (χ2v) is 7.50. The van der Waals surface area contributed by atoms with Crippen LogP contribution in [-0.4, -0.2) is 16.5 Å². The molecule has 0 saturated carbocycles. The van der Waals surface area contributed by atoms with Crippen molar-refractivity contribution in [2.75, 3.05) is 5.75 Å². The molecular weight excluding hydrogens is 433 g/mol. The van der Waals surface area contributed by atoms with Gasteiger partial charge in [0.1, 0.15) is 5.82 Å². The average Bonchev–Trinajstić information content (AvgIpc) is 2.90. The van der Waals surface area contributed by atoms with Gasteiger partial charge in [-0.15, -0.1) is 11.8 Å². The lowest BCUT2D eigenvalue weighted by atomic mass is 10.1. The Bertz CT molecular complexity index is 845. The van der Waals surface area contributed by atoms with E-state index in [1.54, 1.807) is 12.3 Å². The summed E-state index contributed by atoms with van der Waals surface area (Å²) >= 11 is 7.98. The molecule has 0 aliphatic heterocycles. The van der Waals surface area contributed by atoms with E-state index >= 15 is 0 Å². The largest absolute Gasteiger partial charge is 0.360 e. The van der Waals surface area contributed by atoms with Gasteiger partial charge in [0.05, 0.1) is 10.2 Å². The van der Waals surface area contributed by atoms with Gasteiger partial charge in [0.15, 0.2) is 5.78 Å². The Balaban J connectivity index is 1.80. The van der Waals surface area contributed by atoms with Crippen molar-refractivity contribution in [3.8, 4) is 0 Å². The molecule has 0 aliphatic rings. The van der Waals surface area contributed by atoms with Crippen LogP contribution in [-0.2, 0) is 0 Å². The number of H-pyrrole nitrogens is 1. The number of nitrogens with one attached hydrogen (secondary N) is 1. The summed E-state index contributed by atoms with van der Waals surface area (Å²) in [6.07, 6.45) is 1.64. The molecule has 0 atom stereocenters. The minimum Gasteiger partial charge on any atom is -0.360 e. The van der Waals surface area contributed by atoms with E-state index in [1.165, 1.54) is 17.8 Å². The molecule has 6 heteroatoms. The number of halogens is 3. The lowest BCUT2D eigenvalue weighted by Crippen LogP contribution is -2.01. The van der Waals surface area contributed by atoms with E-state index in [1.807, 2.05) is 24.3 Å². The number of carbonyl (C=O) groups is 1. The molecule has 0 spiro atoms. The topological polar surface area (TPSA) is 32.9 Å². The Kier molecular flexibility index (Phi) is 4.70. The molecular formula is C16H10Br2FNOS. The summed E-state index contributed by atoms with van der Waals surface area (Å²) in [6, 6.07) is 10.8. The minimum absolute atomic E-state index is 0.0270. The van der Waals surface area contributed by atoms with E-state index < -0.39 is 0 Å². The zero-order chi connectivity index (χ0) is 15.7. The number of thioether (sulfide) groups is 1. The Morgan fingerprint density at radius 2 is 1.91 bits per heavy atom. The Morgan fingerprint density at radius 3 is 2.64 bits per heavy atom. The Morgan fingerprint density at radius 1 is 1.18 bits per heavy atom. The predicted molar refractivity (Wildman–Crippen MR) is 95.2 cm³/mol. The molecule has 1 heterocycles. The molecule has 0 radical (unpaired) electrons. The van der Waals surface area contributed by atoms with Crippen molar-refractivity contribution in [3.05, 3.63) is 62.9 Å². The molecule has 22 heavy (non-hydrogen) atoms. The van der Waals surface area contributed by atoms with Gasteiger partial charge in [-0.3, -0.25) is 4.79 Å². The first kappa shape index (κ1) is 15.8. The summed E-state index contributed by atoms with van der Waals surface area (Å²) in [6.45, 7) is 0. The SMILES string of the molecule is O=C(CSc1ccc(Br)cc1)c1c[nH]c2cc(Br)c(F)cc12. The maximum absolute atomic E-state index is 13.7. The highest BCUT2D eigenvalue weighted by atomic mass is 79.9. The van der Waals surface area contributed by atoms with E-state index in [0.717, 1.165) is 14.9 Å². The molecule has 0 saturated heterocycles. The highest BCUT2D eigenvalue weighted by Crippen LogP contribution is 2.27. The maximum atomic E-state index is 13.7. The lowest BCUT2D eigenvalue weighted by molar-refractivity contribution is 0.102. The quantitative estimate of drug-likeness (QED) is 0.408. The zero-order valence-corrected chi connectivity index (χ0v) is 15.2. The maximum Gasteiger partial charge on any atom is 0.175 e. The molecule has 2 nitrogen and oxygen atoms in total. The molecule has 2 aromatic carbocycles. The van der Waals surface area contributed by atoms with Gasteiger partial charge in [-0.1, -0.05) is 15.9 Å². The van der Waals surface area contributed by atoms with Crippen LogP contribution in [0, 0.1) is 5.82 Å². The third-order valence-corrected chi connectivity index (χ3v) is 5.35. The second-order valence-electron chi connectivity index (χ2n) is 4.68. The van der Waals surface area contributed by atoms with Gasteiger partial charge in [-0.25, -0.2) is 4.39 Å². The first-order valence-electron chi connectivity index (χ1n) is 6.42. The first-order valence-corrected chi connectivity index (χ1v) is 8.99. The molecule has 112 valence electrons. The van der Waals surface area contributed by atoms with E-state index in [9.17, 15) is 9.18 Å². The normalized spacial score (nSPS) is 11.0. The van der Waals surface area contributed by atoms with Crippen molar-refractivity contribution in [2.24, 2.45) is 0 Å². The number of carbonyl (C=O) groups excluding carboxylic acids is 1. The van der Waals surface area contributed by atoms with Gasteiger partial charge >= 0.3 is 0 Å². The number of ketones is 1. The van der Waals surface area contributed by atoms with E-state index in [4.69, 9.17) is 0 Å². The second kappa shape index (κ2) is 6.56. The molecule has 1 aromatic heterocycles. The summed E-state index contributed by atoms with van der Waals surface area (Å²) in [5.74, 6) is -0.0886. The smallest absolute Gasteiger partial charge is 0.175 e. The number of hydrogen-bond acceptors (Lipinski definition) is 2. The number of Topliss-reactive ketones (excluding diaryl/α,β-unsaturated/α-hetero) is 1. The average molecular weight is 443 g/mol. The van der Waals surface area contributed by atoms with Crippen LogP contribution in [0.1, 0.15) is 10.4 Å².